The number of nitrogens with one attached hydrogen (secondary N) is 2. The lowest BCUT2D eigenvalue weighted by Crippen LogP contribution is -2.51. The minimum Gasteiger partial charge on any atom is -0.395 e. The summed E-state index contributed by atoms with van der Waals surface area (Å²) in [7, 11) is 0. The monoisotopic (exact) mass is 463 g/mol. The summed E-state index contributed by atoms with van der Waals surface area (Å²) in [6.07, 6.45) is 10.4. The van der Waals surface area contributed by atoms with Crippen molar-refractivity contribution >= 4 is 42.3 Å². The van der Waals surface area contributed by atoms with E-state index in [9.17, 15) is 4.79 Å². The lowest BCUT2D eigenvalue weighted by atomic mass is 9.49. The number of rotatable bonds is 8. The molecule has 8 heteroatoms. The molecule has 29 heavy (non-hydrogen) atoms. The average molecular weight is 465 g/mol. The number of hydrogen-bond donors (Lipinski definition) is 3. The molecule has 0 spiro atoms. The molecular formula is C21H32Cl3N3O2. The number of aliphatic hydroxyl groups is 1. The highest BCUT2D eigenvalue weighted by Crippen LogP contribution is 2.59. The Bertz CT molecular complexity index is 666. The molecule has 4 fully saturated rings. The lowest BCUT2D eigenvalue weighted by molar-refractivity contribution is -0.0503. The van der Waals surface area contributed by atoms with Crippen molar-refractivity contribution in [3.05, 3.63) is 28.5 Å². The highest BCUT2D eigenvalue weighted by atomic mass is 35.5. The SMILES string of the molecule is Cl.Cl.O=C(NCC12CC3CC(CC(C3)C1)C2)c1cc(CCNCCO)ncc1Cl. The minimum absolute atomic E-state index is 0. The van der Waals surface area contributed by atoms with E-state index in [2.05, 4.69) is 15.6 Å². The standard InChI is InChI=1S/C21H30ClN3O2.2ClH/c22-19-12-24-17(1-2-23-3-4-26)8-18(19)20(27)25-13-21-9-14-5-15(10-21)7-16(6-14)11-21;;/h8,12,14-16,23,26H,1-7,9-11,13H2,(H,25,27);2*1H. The van der Waals surface area contributed by atoms with Crippen LogP contribution in [0.4, 0.5) is 0 Å². The van der Waals surface area contributed by atoms with Crippen molar-refractivity contribution < 1.29 is 9.90 Å². The number of hydrogen-bond acceptors (Lipinski definition) is 4. The summed E-state index contributed by atoms with van der Waals surface area (Å²) in [6, 6.07) is 1.80. The Morgan fingerprint density at radius 2 is 1.76 bits per heavy atom. The van der Waals surface area contributed by atoms with Gasteiger partial charge in [0.25, 0.3) is 5.91 Å². The van der Waals surface area contributed by atoms with Crippen molar-refractivity contribution in [1.82, 2.24) is 15.6 Å². The summed E-state index contributed by atoms with van der Waals surface area (Å²) in [5, 5.41) is 15.5. The molecule has 0 radical (unpaired) electrons. The van der Waals surface area contributed by atoms with E-state index in [1.807, 2.05) is 0 Å². The molecule has 1 amide bonds. The quantitative estimate of drug-likeness (QED) is 0.513. The number of carbonyl (C=O) groups excluding carboxylic acids is 1. The van der Waals surface area contributed by atoms with Gasteiger partial charge in [-0.05, 0) is 67.8 Å². The second-order valence-corrected chi connectivity index (χ2v) is 9.39. The maximum Gasteiger partial charge on any atom is 0.252 e. The van der Waals surface area contributed by atoms with Crippen LogP contribution in [0, 0.1) is 23.2 Å². The van der Waals surface area contributed by atoms with Crippen molar-refractivity contribution in [2.75, 3.05) is 26.2 Å². The Hall–Kier alpha value is -0.590. The maximum absolute atomic E-state index is 12.8. The summed E-state index contributed by atoms with van der Waals surface area (Å²) in [6.45, 7) is 2.17. The first-order valence-electron chi connectivity index (χ1n) is 10.3. The average Bonchev–Trinajstić information content (AvgIpc) is 2.63. The first-order valence-corrected chi connectivity index (χ1v) is 10.7. The molecule has 4 aliphatic carbocycles. The zero-order valence-electron chi connectivity index (χ0n) is 16.7. The molecule has 4 aliphatic rings. The van der Waals surface area contributed by atoms with Crippen LogP contribution in [0.25, 0.3) is 0 Å². The van der Waals surface area contributed by atoms with Gasteiger partial charge in [0.2, 0.25) is 0 Å². The lowest BCUT2D eigenvalue weighted by Gasteiger charge is -2.56. The Morgan fingerprint density at radius 3 is 2.34 bits per heavy atom. The van der Waals surface area contributed by atoms with E-state index in [0.29, 0.717) is 35.5 Å². The van der Waals surface area contributed by atoms with Gasteiger partial charge in [-0.25, -0.2) is 0 Å². The van der Waals surface area contributed by atoms with Crippen LogP contribution in [0.5, 0.6) is 0 Å². The Morgan fingerprint density at radius 1 is 1.14 bits per heavy atom. The molecule has 0 aromatic carbocycles. The van der Waals surface area contributed by atoms with Crippen molar-refractivity contribution in [2.45, 2.75) is 44.9 Å². The van der Waals surface area contributed by atoms with Crippen molar-refractivity contribution in [2.24, 2.45) is 23.2 Å². The largest absolute Gasteiger partial charge is 0.395 e. The van der Waals surface area contributed by atoms with Gasteiger partial charge in [0.1, 0.15) is 0 Å². The van der Waals surface area contributed by atoms with Crippen molar-refractivity contribution in [3.63, 3.8) is 0 Å². The first kappa shape index (κ1) is 24.7. The normalized spacial score (nSPS) is 29.1. The molecule has 164 valence electrons. The van der Waals surface area contributed by atoms with Gasteiger partial charge in [-0.3, -0.25) is 9.78 Å². The summed E-state index contributed by atoms with van der Waals surface area (Å²) < 4.78 is 0. The van der Waals surface area contributed by atoms with Gasteiger partial charge in [0.15, 0.2) is 0 Å². The van der Waals surface area contributed by atoms with E-state index >= 15 is 0 Å². The van der Waals surface area contributed by atoms with Crippen LogP contribution in [0.1, 0.15) is 54.6 Å². The minimum atomic E-state index is -0.0808. The Balaban J connectivity index is 0.00000150. The van der Waals surface area contributed by atoms with Crippen LogP contribution in [0.3, 0.4) is 0 Å². The predicted molar refractivity (Wildman–Crippen MR) is 120 cm³/mol. The van der Waals surface area contributed by atoms with Crippen LogP contribution < -0.4 is 10.6 Å². The van der Waals surface area contributed by atoms with E-state index in [4.69, 9.17) is 16.7 Å². The van der Waals surface area contributed by atoms with Gasteiger partial charge in [0, 0.05) is 37.9 Å². The molecule has 4 bridgehead atoms. The topological polar surface area (TPSA) is 74.2 Å². The smallest absolute Gasteiger partial charge is 0.252 e. The molecule has 0 unspecified atom stereocenters. The van der Waals surface area contributed by atoms with Crippen LogP contribution in [-0.4, -0.2) is 42.2 Å². The fourth-order valence-corrected chi connectivity index (χ4v) is 6.27. The highest BCUT2D eigenvalue weighted by molar-refractivity contribution is 6.33. The molecule has 0 saturated heterocycles. The predicted octanol–water partition coefficient (Wildman–Crippen LogP) is 3.65. The van der Waals surface area contributed by atoms with Gasteiger partial charge in [-0.2, -0.15) is 0 Å². The van der Waals surface area contributed by atoms with E-state index < -0.39 is 0 Å². The summed E-state index contributed by atoms with van der Waals surface area (Å²) in [5.74, 6) is 2.57. The maximum atomic E-state index is 12.8. The molecule has 1 heterocycles. The van der Waals surface area contributed by atoms with E-state index in [-0.39, 0.29) is 37.3 Å². The molecule has 0 atom stereocenters. The zero-order valence-corrected chi connectivity index (χ0v) is 19.1. The first-order chi connectivity index (χ1) is 13.1. The van der Waals surface area contributed by atoms with Gasteiger partial charge in [0.05, 0.1) is 17.2 Å². The molecule has 5 rings (SSSR count). The summed E-state index contributed by atoms with van der Waals surface area (Å²) in [5.41, 5.74) is 1.68. The van der Waals surface area contributed by atoms with Crippen molar-refractivity contribution in [1.29, 1.82) is 0 Å². The third kappa shape index (κ3) is 5.76. The molecule has 5 nitrogen and oxygen atoms in total. The summed E-state index contributed by atoms with van der Waals surface area (Å²) in [4.78, 5) is 17.1. The number of nitrogens with zero attached hydrogens (tertiary/aromatic N) is 1. The molecule has 1 aromatic rings. The fraction of sp³-hybridized carbons (Fsp3) is 0.714. The van der Waals surface area contributed by atoms with Gasteiger partial charge in [-0.15, -0.1) is 24.8 Å². The van der Waals surface area contributed by atoms with Gasteiger partial charge >= 0.3 is 0 Å². The number of pyridine rings is 1. The second-order valence-electron chi connectivity index (χ2n) is 8.98. The van der Waals surface area contributed by atoms with Crippen molar-refractivity contribution in [3.8, 4) is 0 Å². The second kappa shape index (κ2) is 10.6. The number of aliphatic hydroxyl groups excluding tert-OH is 1. The van der Waals surface area contributed by atoms with Crippen LogP contribution in [0.15, 0.2) is 12.3 Å². The number of halogens is 3. The molecule has 4 saturated carbocycles. The van der Waals surface area contributed by atoms with E-state index in [0.717, 1.165) is 30.0 Å². The van der Waals surface area contributed by atoms with Gasteiger partial charge < -0.3 is 15.7 Å². The van der Waals surface area contributed by atoms with E-state index in [1.165, 1.54) is 38.5 Å². The number of aromatic nitrogens is 1. The molecule has 1 aromatic heterocycles. The molecular weight excluding hydrogens is 433 g/mol. The fourth-order valence-electron chi connectivity index (χ4n) is 6.08. The third-order valence-corrected chi connectivity index (χ3v) is 7.09. The van der Waals surface area contributed by atoms with Crippen LogP contribution >= 0.6 is 36.4 Å². The Kier molecular flexibility index (Phi) is 9.05. The van der Waals surface area contributed by atoms with Crippen LogP contribution in [0.2, 0.25) is 5.02 Å². The number of amides is 1. The van der Waals surface area contributed by atoms with Crippen LogP contribution in [-0.2, 0) is 6.42 Å². The Labute approximate surface area is 190 Å². The zero-order chi connectivity index (χ0) is 18.9. The summed E-state index contributed by atoms with van der Waals surface area (Å²) >= 11 is 6.26. The molecule has 0 aliphatic heterocycles. The molecule has 3 N–H and O–H groups in total. The van der Waals surface area contributed by atoms with Gasteiger partial charge in [-0.1, -0.05) is 11.6 Å². The number of carbonyl (C=O) groups is 1. The van der Waals surface area contributed by atoms with E-state index in [1.54, 1.807) is 12.3 Å². The third-order valence-electron chi connectivity index (χ3n) is 6.79. The highest BCUT2D eigenvalue weighted by Gasteiger charge is 2.50.